The maximum Gasteiger partial charge on any atom is 0.119 e. The van der Waals surface area contributed by atoms with Gasteiger partial charge < -0.3 is 0 Å². The van der Waals surface area contributed by atoms with E-state index < -0.39 is 0 Å². The number of benzene rings is 1. The van der Waals surface area contributed by atoms with Gasteiger partial charge in [0.25, 0.3) is 0 Å². The van der Waals surface area contributed by atoms with Crippen LogP contribution in [0.4, 0.5) is 0 Å². The lowest BCUT2D eigenvalue weighted by molar-refractivity contribution is 0.539. The number of para-hydroxylation sites is 1. The lowest BCUT2D eigenvalue weighted by atomic mass is 9.95. The highest BCUT2D eigenvalue weighted by Gasteiger charge is 2.24. The molecule has 0 aliphatic rings. The highest BCUT2D eigenvalue weighted by atomic mass is 15.1. The largest absolute Gasteiger partial charge is 0.296 e. The van der Waals surface area contributed by atoms with Crippen molar-refractivity contribution in [2.45, 2.75) is 40.0 Å². The fraction of sp³-hybridized carbons (Fsp3) is 0.333. The van der Waals surface area contributed by atoms with Gasteiger partial charge in [-0.05, 0) is 32.0 Å². The van der Waals surface area contributed by atoms with Crippen LogP contribution >= 0.6 is 0 Å². The minimum absolute atomic E-state index is 0.0325. The molecule has 0 aliphatic heterocycles. The van der Waals surface area contributed by atoms with Crippen LogP contribution in [-0.2, 0) is 5.41 Å². The number of aromatic nitrogens is 3. The average Bonchev–Trinajstić information content (AvgIpc) is 2.79. The molecule has 0 spiro atoms. The Labute approximate surface area is 125 Å². The second-order valence-electron chi connectivity index (χ2n) is 6.57. The second kappa shape index (κ2) is 4.69. The van der Waals surface area contributed by atoms with Crippen LogP contribution in [0.5, 0.6) is 0 Å². The quantitative estimate of drug-likeness (QED) is 0.663. The number of pyridine rings is 1. The van der Waals surface area contributed by atoms with Gasteiger partial charge in [-0.3, -0.25) is 9.55 Å². The highest BCUT2D eigenvalue weighted by Crippen LogP contribution is 2.30. The van der Waals surface area contributed by atoms with Crippen molar-refractivity contribution in [3.05, 3.63) is 53.6 Å². The van der Waals surface area contributed by atoms with E-state index in [9.17, 15) is 0 Å². The topological polar surface area (TPSA) is 30.7 Å². The zero-order valence-electron chi connectivity index (χ0n) is 13.3. The van der Waals surface area contributed by atoms with Gasteiger partial charge in [0.1, 0.15) is 11.3 Å². The van der Waals surface area contributed by atoms with E-state index in [-0.39, 0.29) is 5.41 Å². The molecule has 0 aliphatic carbocycles. The Morgan fingerprint density at radius 2 is 1.62 bits per heavy atom. The lowest BCUT2D eigenvalue weighted by Crippen LogP contribution is -2.18. The van der Waals surface area contributed by atoms with Gasteiger partial charge in [-0.2, -0.15) is 0 Å². The van der Waals surface area contributed by atoms with E-state index in [0.717, 1.165) is 33.9 Å². The molecule has 0 amide bonds. The SMILES string of the molecule is Cc1cc2c(nc(C(C)(C)C)n2-c2ccccc2)c(C)n1. The van der Waals surface area contributed by atoms with Crippen LogP contribution in [0, 0.1) is 13.8 Å². The third-order valence-corrected chi connectivity index (χ3v) is 3.63. The first kappa shape index (κ1) is 13.8. The molecule has 0 saturated heterocycles. The summed E-state index contributed by atoms with van der Waals surface area (Å²) in [5, 5.41) is 0. The molecule has 21 heavy (non-hydrogen) atoms. The number of hydrogen-bond acceptors (Lipinski definition) is 2. The van der Waals surface area contributed by atoms with E-state index in [0.29, 0.717) is 0 Å². The molecule has 0 fully saturated rings. The van der Waals surface area contributed by atoms with Gasteiger partial charge >= 0.3 is 0 Å². The molecule has 2 aromatic heterocycles. The number of nitrogens with zero attached hydrogens (tertiary/aromatic N) is 3. The minimum Gasteiger partial charge on any atom is -0.296 e. The molecule has 3 rings (SSSR count). The van der Waals surface area contributed by atoms with Crippen molar-refractivity contribution in [1.82, 2.24) is 14.5 Å². The molecule has 0 bridgehead atoms. The Morgan fingerprint density at radius 1 is 0.952 bits per heavy atom. The zero-order valence-corrected chi connectivity index (χ0v) is 13.3. The van der Waals surface area contributed by atoms with Crippen molar-refractivity contribution >= 4 is 11.0 Å². The van der Waals surface area contributed by atoms with Gasteiger partial charge in [-0.1, -0.05) is 39.0 Å². The number of fused-ring (bicyclic) bond motifs is 1. The van der Waals surface area contributed by atoms with Crippen molar-refractivity contribution < 1.29 is 0 Å². The van der Waals surface area contributed by atoms with Gasteiger partial charge in [0.2, 0.25) is 0 Å². The standard InChI is InChI=1S/C18H21N3/c1-12-11-15-16(13(2)19-12)20-17(18(3,4)5)21(15)14-9-7-6-8-10-14/h6-11H,1-5H3. The average molecular weight is 279 g/mol. The summed E-state index contributed by atoms with van der Waals surface area (Å²) in [5.41, 5.74) is 5.26. The first-order valence-electron chi connectivity index (χ1n) is 7.30. The van der Waals surface area contributed by atoms with Crippen molar-refractivity contribution in [1.29, 1.82) is 0 Å². The van der Waals surface area contributed by atoms with Crippen LogP contribution in [0.1, 0.15) is 38.0 Å². The summed E-state index contributed by atoms with van der Waals surface area (Å²) in [7, 11) is 0. The monoisotopic (exact) mass is 279 g/mol. The molecule has 0 saturated carbocycles. The van der Waals surface area contributed by atoms with Gasteiger partial charge in [-0.15, -0.1) is 0 Å². The molecule has 0 radical (unpaired) electrons. The summed E-state index contributed by atoms with van der Waals surface area (Å²) in [6, 6.07) is 12.5. The van der Waals surface area contributed by atoms with E-state index >= 15 is 0 Å². The van der Waals surface area contributed by atoms with Crippen LogP contribution in [-0.4, -0.2) is 14.5 Å². The minimum atomic E-state index is -0.0325. The molecule has 0 unspecified atom stereocenters. The van der Waals surface area contributed by atoms with Crippen LogP contribution in [0.25, 0.3) is 16.7 Å². The van der Waals surface area contributed by atoms with E-state index in [1.54, 1.807) is 0 Å². The number of rotatable bonds is 1. The number of imidazole rings is 1. The molecule has 2 heterocycles. The summed E-state index contributed by atoms with van der Waals surface area (Å²) in [6.45, 7) is 10.7. The van der Waals surface area contributed by atoms with Gasteiger partial charge in [-0.25, -0.2) is 4.98 Å². The predicted molar refractivity (Wildman–Crippen MR) is 87.0 cm³/mol. The molecule has 108 valence electrons. The normalized spacial score (nSPS) is 12.0. The van der Waals surface area contributed by atoms with Crippen molar-refractivity contribution in [3.8, 4) is 5.69 Å². The van der Waals surface area contributed by atoms with E-state index in [1.807, 2.05) is 19.9 Å². The predicted octanol–water partition coefficient (Wildman–Crippen LogP) is 4.33. The van der Waals surface area contributed by atoms with Crippen LogP contribution in [0.15, 0.2) is 36.4 Å². The van der Waals surface area contributed by atoms with E-state index in [2.05, 4.69) is 60.7 Å². The fourth-order valence-corrected chi connectivity index (χ4v) is 2.72. The van der Waals surface area contributed by atoms with Gasteiger partial charge in [0, 0.05) is 16.8 Å². The first-order valence-corrected chi connectivity index (χ1v) is 7.30. The molecule has 0 N–H and O–H groups in total. The van der Waals surface area contributed by atoms with Crippen molar-refractivity contribution in [2.24, 2.45) is 0 Å². The van der Waals surface area contributed by atoms with Crippen LogP contribution in [0.3, 0.4) is 0 Å². The summed E-state index contributed by atoms with van der Waals surface area (Å²) < 4.78 is 2.26. The highest BCUT2D eigenvalue weighted by molar-refractivity contribution is 5.81. The smallest absolute Gasteiger partial charge is 0.119 e. The third kappa shape index (κ3) is 2.33. The van der Waals surface area contributed by atoms with Crippen molar-refractivity contribution in [3.63, 3.8) is 0 Å². The molecular weight excluding hydrogens is 258 g/mol. The molecule has 3 heteroatoms. The molecule has 0 atom stereocenters. The van der Waals surface area contributed by atoms with Gasteiger partial charge in [0.05, 0.1) is 11.2 Å². The maximum atomic E-state index is 4.90. The molecule has 3 aromatic rings. The second-order valence-corrected chi connectivity index (χ2v) is 6.57. The van der Waals surface area contributed by atoms with Crippen LogP contribution in [0.2, 0.25) is 0 Å². The van der Waals surface area contributed by atoms with Crippen molar-refractivity contribution in [2.75, 3.05) is 0 Å². The summed E-state index contributed by atoms with van der Waals surface area (Å²) >= 11 is 0. The Bertz CT molecular complexity index is 793. The Morgan fingerprint density at radius 3 is 2.24 bits per heavy atom. The summed E-state index contributed by atoms with van der Waals surface area (Å²) in [5.74, 6) is 1.07. The third-order valence-electron chi connectivity index (χ3n) is 3.63. The molecule has 3 nitrogen and oxygen atoms in total. The lowest BCUT2D eigenvalue weighted by Gasteiger charge is -2.20. The number of aryl methyl sites for hydroxylation is 2. The fourth-order valence-electron chi connectivity index (χ4n) is 2.72. The molecular formula is C18H21N3. The molecule has 1 aromatic carbocycles. The zero-order chi connectivity index (χ0) is 15.2. The Kier molecular flexibility index (Phi) is 3.08. The maximum absolute atomic E-state index is 4.90. The van der Waals surface area contributed by atoms with Gasteiger partial charge in [0.15, 0.2) is 0 Å². The van der Waals surface area contributed by atoms with E-state index in [4.69, 9.17) is 4.98 Å². The van der Waals surface area contributed by atoms with Crippen LogP contribution < -0.4 is 0 Å². The first-order chi connectivity index (χ1) is 9.88. The Hall–Kier alpha value is -2.16. The number of hydrogen-bond donors (Lipinski definition) is 0. The summed E-state index contributed by atoms with van der Waals surface area (Å²) in [4.78, 5) is 9.46. The Balaban J connectivity index is 2.44. The van der Waals surface area contributed by atoms with E-state index in [1.165, 1.54) is 0 Å². The summed E-state index contributed by atoms with van der Waals surface area (Å²) in [6.07, 6.45) is 0.